The fourth-order valence-corrected chi connectivity index (χ4v) is 3.61. The number of halogens is 1. The van der Waals surface area contributed by atoms with Crippen LogP contribution >= 0.6 is 11.6 Å². The van der Waals surface area contributed by atoms with Gasteiger partial charge in [0, 0.05) is 29.5 Å². The lowest BCUT2D eigenvalue weighted by Crippen LogP contribution is -2.22. The molecule has 4 rings (SSSR count). The molecule has 3 aromatic rings. The number of aromatic nitrogens is 1. The molecule has 5 heteroatoms. The van der Waals surface area contributed by atoms with Gasteiger partial charge >= 0.3 is 0 Å². The second-order valence-corrected chi connectivity index (χ2v) is 7.01. The minimum absolute atomic E-state index is 0.212. The van der Waals surface area contributed by atoms with E-state index in [1.54, 1.807) is 12.5 Å². The van der Waals surface area contributed by atoms with Crippen LogP contribution in [0.3, 0.4) is 0 Å². The maximum absolute atomic E-state index is 6.45. The Morgan fingerprint density at radius 3 is 2.85 bits per heavy atom. The van der Waals surface area contributed by atoms with E-state index in [0.29, 0.717) is 16.8 Å². The summed E-state index contributed by atoms with van der Waals surface area (Å²) in [4.78, 5) is 4.34. The highest BCUT2D eigenvalue weighted by Crippen LogP contribution is 2.34. The number of nitrogens with one attached hydrogen (secondary N) is 1. The van der Waals surface area contributed by atoms with Gasteiger partial charge in [-0.3, -0.25) is 0 Å². The molecule has 0 saturated carbocycles. The second kappa shape index (κ2) is 7.94. The van der Waals surface area contributed by atoms with Crippen LogP contribution in [0, 0.1) is 5.92 Å². The summed E-state index contributed by atoms with van der Waals surface area (Å²) in [5, 5.41) is 4.10. The van der Waals surface area contributed by atoms with E-state index in [1.807, 2.05) is 36.4 Å². The Hall–Kier alpha value is -2.30. The number of nitrogens with zero attached hydrogens (tertiary/aromatic N) is 1. The number of hydrogen-bond acceptors (Lipinski definition) is 4. The Kier molecular flexibility index (Phi) is 5.23. The summed E-state index contributed by atoms with van der Waals surface area (Å²) >= 11 is 6.25. The third-order valence-corrected chi connectivity index (χ3v) is 4.97. The Bertz CT molecular complexity index is 830. The van der Waals surface area contributed by atoms with Crippen molar-refractivity contribution < 1.29 is 9.15 Å². The van der Waals surface area contributed by atoms with Gasteiger partial charge in [0.1, 0.15) is 12.0 Å². The van der Waals surface area contributed by atoms with Crippen LogP contribution in [-0.4, -0.2) is 18.1 Å². The Labute approximate surface area is 158 Å². The molecule has 2 unspecified atom stereocenters. The van der Waals surface area contributed by atoms with Gasteiger partial charge in [-0.05, 0) is 36.7 Å². The molecule has 2 heterocycles. The molecule has 2 aromatic carbocycles. The quantitative estimate of drug-likeness (QED) is 0.688. The Balaban J connectivity index is 1.63. The molecule has 26 heavy (non-hydrogen) atoms. The highest BCUT2D eigenvalue weighted by Gasteiger charge is 2.31. The zero-order chi connectivity index (χ0) is 17.8. The minimum Gasteiger partial charge on any atom is -0.480 e. The van der Waals surface area contributed by atoms with Gasteiger partial charge in [0.15, 0.2) is 6.10 Å². The van der Waals surface area contributed by atoms with Crippen LogP contribution in [0.1, 0.15) is 29.5 Å². The maximum atomic E-state index is 6.45. The summed E-state index contributed by atoms with van der Waals surface area (Å²) in [6, 6.07) is 16.1. The molecule has 1 fully saturated rings. The van der Waals surface area contributed by atoms with Gasteiger partial charge in [-0.25, -0.2) is 4.98 Å². The van der Waals surface area contributed by atoms with Crippen LogP contribution in [0.2, 0.25) is 5.02 Å². The number of oxazole rings is 1. The molecular formula is C21H21ClN2O2. The highest BCUT2D eigenvalue weighted by molar-refractivity contribution is 6.30. The molecule has 1 aliphatic heterocycles. The first-order chi connectivity index (χ1) is 12.8. The number of ether oxygens (including phenoxy) is 1. The monoisotopic (exact) mass is 368 g/mol. The second-order valence-electron chi connectivity index (χ2n) is 6.58. The lowest BCUT2D eigenvalue weighted by atomic mass is 10.0. The van der Waals surface area contributed by atoms with Crippen molar-refractivity contribution in [1.82, 2.24) is 10.3 Å². The van der Waals surface area contributed by atoms with Crippen molar-refractivity contribution in [1.29, 1.82) is 0 Å². The van der Waals surface area contributed by atoms with E-state index in [4.69, 9.17) is 20.8 Å². The Morgan fingerprint density at radius 2 is 2.12 bits per heavy atom. The molecule has 0 bridgehead atoms. The van der Waals surface area contributed by atoms with E-state index in [9.17, 15) is 0 Å². The van der Waals surface area contributed by atoms with E-state index in [-0.39, 0.29) is 6.10 Å². The summed E-state index contributed by atoms with van der Waals surface area (Å²) in [5.74, 6) is 1.78. The molecule has 2 atom stereocenters. The third kappa shape index (κ3) is 3.92. The standard InChI is InChI=1S/C21H21ClN2O2/c22-18-6-7-19(17(13-18)12-15-4-2-1-3-5-15)26-20(16-8-9-23-14-16)21-24-10-11-25-21/h1-7,10-11,13,16,20,23H,8-9,12,14H2. The number of benzene rings is 2. The lowest BCUT2D eigenvalue weighted by Gasteiger charge is -2.23. The Morgan fingerprint density at radius 1 is 1.23 bits per heavy atom. The molecule has 1 aliphatic rings. The molecule has 0 amide bonds. The summed E-state index contributed by atoms with van der Waals surface area (Å²) in [7, 11) is 0. The molecule has 1 aromatic heterocycles. The average molecular weight is 369 g/mol. The summed E-state index contributed by atoms with van der Waals surface area (Å²) in [6.07, 6.45) is 4.85. The first-order valence-electron chi connectivity index (χ1n) is 8.89. The largest absolute Gasteiger partial charge is 0.480 e. The topological polar surface area (TPSA) is 47.3 Å². The van der Waals surface area contributed by atoms with Crippen LogP contribution in [-0.2, 0) is 6.42 Å². The third-order valence-electron chi connectivity index (χ3n) is 4.74. The first kappa shape index (κ1) is 17.1. The molecule has 1 N–H and O–H groups in total. The normalized spacial score (nSPS) is 18.0. The van der Waals surface area contributed by atoms with Crippen LogP contribution in [0.4, 0.5) is 0 Å². The van der Waals surface area contributed by atoms with Crippen molar-refractivity contribution in [2.45, 2.75) is 18.9 Å². The smallest absolute Gasteiger partial charge is 0.235 e. The molecule has 0 spiro atoms. The fraction of sp³-hybridized carbons (Fsp3) is 0.286. The van der Waals surface area contributed by atoms with Crippen molar-refractivity contribution in [3.63, 3.8) is 0 Å². The zero-order valence-electron chi connectivity index (χ0n) is 14.4. The predicted molar refractivity (Wildman–Crippen MR) is 102 cm³/mol. The van der Waals surface area contributed by atoms with Gasteiger partial charge in [-0.15, -0.1) is 0 Å². The predicted octanol–water partition coefficient (Wildman–Crippen LogP) is 4.65. The van der Waals surface area contributed by atoms with Gasteiger partial charge in [-0.1, -0.05) is 41.9 Å². The van der Waals surface area contributed by atoms with Gasteiger partial charge < -0.3 is 14.5 Å². The van der Waals surface area contributed by atoms with Crippen molar-refractivity contribution in [3.05, 3.63) is 83.0 Å². The molecular weight excluding hydrogens is 348 g/mol. The van der Waals surface area contributed by atoms with E-state index in [0.717, 1.165) is 37.2 Å². The summed E-state index contributed by atoms with van der Waals surface area (Å²) in [6.45, 7) is 1.89. The number of rotatable bonds is 6. The van der Waals surface area contributed by atoms with E-state index in [2.05, 4.69) is 22.4 Å². The van der Waals surface area contributed by atoms with Crippen molar-refractivity contribution in [2.75, 3.05) is 13.1 Å². The van der Waals surface area contributed by atoms with Gasteiger partial charge in [0.25, 0.3) is 0 Å². The summed E-state index contributed by atoms with van der Waals surface area (Å²) < 4.78 is 12.0. The van der Waals surface area contributed by atoms with Crippen molar-refractivity contribution in [2.24, 2.45) is 5.92 Å². The average Bonchev–Trinajstić information content (AvgIpc) is 3.36. The van der Waals surface area contributed by atoms with Crippen molar-refractivity contribution >= 4 is 11.6 Å². The minimum atomic E-state index is -0.212. The zero-order valence-corrected chi connectivity index (χ0v) is 15.2. The van der Waals surface area contributed by atoms with E-state index >= 15 is 0 Å². The molecule has 134 valence electrons. The van der Waals surface area contributed by atoms with Crippen LogP contribution in [0.15, 0.2) is 65.4 Å². The van der Waals surface area contributed by atoms with Crippen LogP contribution in [0.5, 0.6) is 5.75 Å². The first-order valence-corrected chi connectivity index (χ1v) is 9.26. The van der Waals surface area contributed by atoms with Gasteiger partial charge in [-0.2, -0.15) is 0 Å². The fourth-order valence-electron chi connectivity index (χ4n) is 3.41. The van der Waals surface area contributed by atoms with Gasteiger partial charge in [0.05, 0.1) is 6.20 Å². The highest BCUT2D eigenvalue weighted by atomic mass is 35.5. The molecule has 4 nitrogen and oxygen atoms in total. The number of hydrogen-bond donors (Lipinski definition) is 1. The van der Waals surface area contributed by atoms with Crippen LogP contribution < -0.4 is 10.1 Å². The molecule has 0 radical (unpaired) electrons. The maximum Gasteiger partial charge on any atom is 0.235 e. The summed E-state index contributed by atoms with van der Waals surface area (Å²) in [5.41, 5.74) is 2.28. The molecule has 0 aliphatic carbocycles. The van der Waals surface area contributed by atoms with Crippen molar-refractivity contribution in [3.8, 4) is 5.75 Å². The van der Waals surface area contributed by atoms with Gasteiger partial charge in [0.2, 0.25) is 5.89 Å². The van der Waals surface area contributed by atoms with E-state index in [1.165, 1.54) is 5.56 Å². The molecule has 1 saturated heterocycles. The SMILES string of the molecule is Clc1ccc(OC(c2ncco2)C2CCNC2)c(Cc2ccccc2)c1. The van der Waals surface area contributed by atoms with E-state index < -0.39 is 0 Å². The lowest BCUT2D eigenvalue weighted by molar-refractivity contribution is 0.113. The van der Waals surface area contributed by atoms with Crippen LogP contribution in [0.25, 0.3) is 0 Å².